The molecule has 1 amide bonds. The quantitative estimate of drug-likeness (QED) is 0.775. The normalized spacial score (nSPS) is 15.1. The maximum absolute atomic E-state index is 11.5. The first kappa shape index (κ1) is 10.0. The molecule has 0 atom stereocenters. The predicted octanol–water partition coefficient (Wildman–Crippen LogP) is 0.889. The Labute approximate surface area is 88.8 Å². The minimum atomic E-state index is -0.0756. The van der Waals surface area contributed by atoms with Gasteiger partial charge in [-0.05, 0) is 13.3 Å². The van der Waals surface area contributed by atoms with E-state index >= 15 is 0 Å². The standard InChI is InChI=1S/C10H16N4O/c1-3-5-7-9-8(13-12-7)10(15)11-6-14(9)4-2/h3-6H2,1-2H3,(H,11,15)(H,12,13). The molecule has 0 saturated heterocycles. The van der Waals surface area contributed by atoms with Crippen molar-refractivity contribution in [1.29, 1.82) is 0 Å². The van der Waals surface area contributed by atoms with E-state index in [4.69, 9.17) is 0 Å². The molecule has 5 heteroatoms. The summed E-state index contributed by atoms with van der Waals surface area (Å²) in [5, 5.41) is 9.83. The molecule has 0 aromatic carbocycles. The number of aromatic amines is 1. The van der Waals surface area contributed by atoms with Gasteiger partial charge in [0.15, 0.2) is 5.69 Å². The molecule has 5 nitrogen and oxygen atoms in total. The van der Waals surface area contributed by atoms with Crippen LogP contribution in [0.25, 0.3) is 0 Å². The highest BCUT2D eigenvalue weighted by atomic mass is 16.2. The topological polar surface area (TPSA) is 61.0 Å². The van der Waals surface area contributed by atoms with Crippen LogP contribution in [0.1, 0.15) is 36.5 Å². The molecule has 2 rings (SSSR count). The van der Waals surface area contributed by atoms with E-state index in [1.54, 1.807) is 0 Å². The lowest BCUT2D eigenvalue weighted by molar-refractivity contribution is 0.0943. The smallest absolute Gasteiger partial charge is 0.275 e. The van der Waals surface area contributed by atoms with Crippen molar-refractivity contribution in [2.75, 3.05) is 18.1 Å². The number of carbonyl (C=O) groups is 1. The second-order valence-electron chi connectivity index (χ2n) is 3.67. The van der Waals surface area contributed by atoms with Crippen molar-refractivity contribution in [2.45, 2.75) is 26.7 Å². The minimum Gasteiger partial charge on any atom is -0.351 e. The van der Waals surface area contributed by atoms with Crippen LogP contribution in [0.2, 0.25) is 0 Å². The van der Waals surface area contributed by atoms with E-state index in [0.29, 0.717) is 12.4 Å². The van der Waals surface area contributed by atoms with Gasteiger partial charge in [-0.1, -0.05) is 13.3 Å². The van der Waals surface area contributed by atoms with Gasteiger partial charge in [0.1, 0.15) is 0 Å². The number of carbonyl (C=O) groups excluding carboxylic acids is 1. The number of nitrogens with zero attached hydrogens (tertiary/aromatic N) is 2. The van der Waals surface area contributed by atoms with E-state index in [1.165, 1.54) is 0 Å². The maximum atomic E-state index is 11.5. The van der Waals surface area contributed by atoms with Crippen molar-refractivity contribution >= 4 is 11.6 Å². The SMILES string of the molecule is CCCc1[nH]nc2c1N(CC)CNC2=O. The van der Waals surface area contributed by atoms with Crippen molar-refractivity contribution in [1.82, 2.24) is 15.5 Å². The molecule has 0 spiro atoms. The van der Waals surface area contributed by atoms with Gasteiger partial charge in [0.05, 0.1) is 18.1 Å². The second kappa shape index (κ2) is 3.92. The Balaban J connectivity index is 2.41. The molecule has 2 N–H and O–H groups in total. The molecular weight excluding hydrogens is 192 g/mol. The molecule has 0 aliphatic carbocycles. The van der Waals surface area contributed by atoms with E-state index in [1.807, 2.05) is 0 Å². The molecule has 0 radical (unpaired) electrons. The molecule has 1 aromatic rings. The lowest BCUT2D eigenvalue weighted by Crippen LogP contribution is -2.43. The highest BCUT2D eigenvalue weighted by Gasteiger charge is 2.27. The number of amides is 1. The maximum Gasteiger partial charge on any atom is 0.275 e. The van der Waals surface area contributed by atoms with Crippen LogP contribution in [-0.4, -0.2) is 29.3 Å². The van der Waals surface area contributed by atoms with Gasteiger partial charge < -0.3 is 10.2 Å². The summed E-state index contributed by atoms with van der Waals surface area (Å²) in [4.78, 5) is 13.7. The number of aromatic nitrogens is 2. The van der Waals surface area contributed by atoms with Crippen molar-refractivity contribution in [3.05, 3.63) is 11.4 Å². The zero-order valence-corrected chi connectivity index (χ0v) is 9.13. The summed E-state index contributed by atoms with van der Waals surface area (Å²) >= 11 is 0. The molecule has 82 valence electrons. The average molecular weight is 208 g/mol. The molecule has 15 heavy (non-hydrogen) atoms. The molecule has 0 unspecified atom stereocenters. The van der Waals surface area contributed by atoms with Crippen LogP contribution < -0.4 is 10.2 Å². The largest absolute Gasteiger partial charge is 0.351 e. The van der Waals surface area contributed by atoms with Crippen molar-refractivity contribution < 1.29 is 4.79 Å². The van der Waals surface area contributed by atoms with Crippen LogP contribution >= 0.6 is 0 Å². The number of hydrogen-bond acceptors (Lipinski definition) is 3. The molecule has 0 saturated carbocycles. The summed E-state index contributed by atoms with van der Waals surface area (Å²) in [7, 11) is 0. The van der Waals surface area contributed by atoms with Crippen LogP contribution in [0, 0.1) is 0 Å². The first-order chi connectivity index (χ1) is 7.27. The van der Waals surface area contributed by atoms with Crippen molar-refractivity contribution in [3.8, 4) is 0 Å². The average Bonchev–Trinajstić information content (AvgIpc) is 2.65. The fourth-order valence-corrected chi connectivity index (χ4v) is 1.90. The summed E-state index contributed by atoms with van der Waals surface area (Å²) in [5.74, 6) is -0.0756. The molecule has 0 fully saturated rings. The third kappa shape index (κ3) is 1.58. The zero-order valence-electron chi connectivity index (χ0n) is 9.13. The van der Waals surface area contributed by atoms with Gasteiger partial charge in [-0.15, -0.1) is 0 Å². The molecule has 1 aromatic heterocycles. The summed E-state index contributed by atoms with van der Waals surface area (Å²) < 4.78 is 0. The van der Waals surface area contributed by atoms with Gasteiger partial charge in [-0.25, -0.2) is 0 Å². The fourth-order valence-electron chi connectivity index (χ4n) is 1.90. The van der Waals surface area contributed by atoms with Crippen LogP contribution in [-0.2, 0) is 6.42 Å². The van der Waals surface area contributed by atoms with Crippen molar-refractivity contribution in [2.24, 2.45) is 0 Å². The molecular formula is C10H16N4O. The number of fused-ring (bicyclic) bond motifs is 1. The van der Waals surface area contributed by atoms with Gasteiger partial charge in [-0.3, -0.25) is 9.89 Å². The van der Waals surface area contributed by atoms with Gasteiger partial charge in [-0.2, -0.15) is 5.10 Å². The van der Waals surface area contributed by atoms with Crippen LogP contribution in [0.4, 0.5) is 5.69 Å². The Kier molecular flexibility index (Phi) is 2.62. The zero-order chi connectivity index (χ0) is 10.8. The lowest BCUT2D eigenvalue weighted by atomic mass is 10.1. The summed E-state index contributed by atoms with van der Waals surface area (Å²) in [6.45, 7) is 5.65. The summed E-state index contributed by atoms with van der Waals surface area (Å²) in [6, 6.07) is 0. The van der Waals surface area contributed by atoms with Gasteiger partial charge in [0.2, 0.25) is 0 Å². The highest BCUT2D eigenvalue weighted by Crippen LogP contribution is 2.26. The summed E-state index contributed by atoms with van der Waals surface area (Å²) in [6.07, 6.45) is 1.99. The van der Waals surface area contributed by atoms with E-state index in [0.717, 1.165) is 30.8 Å². The lowest BCUT2D eigenvalue weighted by Gasteiger charge is -2.27. The van der Waals surface area contributed by atoms with E-state index in [-0.39, 0.29) is 5.91 Å². The van der Waals surface area contributed by atoms with E-state index in [9.17, 15) is 4.79 Å². The van der Waals surface area contributed by atoms with Gasteiger partial charge >= 0.3 is 0 Å². The van der Waals surface area contributed by atoms with E-state index in [2.05, 4.69) is 34.3 Å². The van der Waals surface area contributed by atoms with Gasteiger partial charge in [0.25, 0.3) is 5.91 Å². The number of H-pyrrole nitrogens is 1. The number of nitrogens with one attached hydrogen (secondary N) is 2. The Morgan fingerprint density at radius 3 is 2.93 bits per heavy atom. The predicted molar refractivity (Wildman–Crippen MR) is 57.9 cm³/mol. The highest BCUT2D eigenvalue weighted by molar-refractivity contribution is 6.00. The first-order valence-corrected chi connectivity index (χ1v) is 5.38. The van der Waals surface area contributed by atoms with Gasteiger partial charge in [0, 0.05) is 6.54 Å². The van der Waals surface area contributed by atoms with E-state index < -0.39 is 0 Å². The Bertz CT molecular complexity index is 371. The second-order valence-corrected chi connectivity index (χ2v) is 3.67. The molecule has 1 aliphatic rings. The fraction of sp³-hybridized carbons (Fsp3) is 0.600. The number of aryl methyl sites for hydroxylation is 1. The molecule has 2 heterocycles. The third-order valence-electron chi connectivity index (χ3n) is 2.66. The Morgan fingerprint density at radius 2 is 2.27 bits per heavy atom. The van der Waals surface area contributed by atoms with Crippen LogP contribution in [0.15, 0.2) is 0 Å². The monoisotopic (exact) mass is 208 g/mol. The number of anilines is 1. The number of rotatable bonds is 3. The number of hydrogen-bond donors (Lipinski definition) is 2. The van der Waals surface area contributed by atoms with Crippen LogP contribution in [0.5, 0.6) is 0 Å². The van der Waals surface area contributed by atoms with Crippen molar-refractivity contribution in [3.63, 3.8) is 0 Å². The van der Waals surface area contributed by atoms with Crippen LogP contribution in [0.3, 0.4) is 0 Å². The third-order valence-corrected chi connectivity index (χ3v) is 2.66. The Morgan fingerprint density at radius 1 is 1.47 bits per heavy atom. The Hall–Kier alpha value is -1.52. The molecule has 1 aliphatic heterocycles. The minimum absolute atomic E-state index is 0.0756. The first-order valence-electron chi connectivity index (χ1n) is 5.38. The summed E-state index contributed by atoms with van der Waals surface area (Å²) in [5.41, 5.74) is 2.60. The molecule has 0 bridgehead atoms.